The van der Waals surface area contributed by atoms with Crippen LogP contribution in [0.5, 0.6) is 0 Å². The Labute approximate surface area is 81.3 Å². The normalized spacial score (nSPS) is 9.85. The SMILES string of the molecule is S=c1[nH]ccnc1-c1ccccc1. The van der Waals surface area contributed by atoms with Crippen LogP contribution < -0.4 is 0 Å². The maximum absolute atomic E-state index is 5.12. The molecule has 0 aliphatic rings. The van der Waals surface area contributed by atoms with Gasteiger partial charge in [-0.3, -0.25) is 4.98 Å². The summed E-state index contributed by atoms with van der Waals surface area (Å²) in [5.41, 5.74) is 1.88. The average molecular weight is 188 g/mol. The summed E-state index contributed by atoms with van der Waals surface area (Å²) in [5, 5.41) is 0. The average Bonchev–Trinajstić information content (AvgIpc) is 2.20. The molecule has 2 rings (SSSR count). The lowest BCUT2D eigenvalue weighted by molar-refractivity contribution is 1.18. The van der Waals surface area contributed by atoms with E-state index in [2.05, 4.69) is 9.97 Å². The fourth-order valence-corrected chi connectivity index (χ4v) is 1.39. The third kappa shape index (κ3) is 1.65. The van der Waals surface area contributed by atoms with Crippen LogP contribution in [0.25, 0.3) is 11.3 Å². The predicted octanol–water partition coefficient (Wildman–Crippen LogP) is 2.81. The van der Waals surface area contributed by atoms with E-state index < -0.39 is 0 Å². The molecule has 3 heteroatoms. The van der Waals surface area contributed by atoms with Crippen LogP contribution in [0.15, 0.2) is 42.7 Å². The topological polar surface area (TPSA) is 28.7 Å². The van der Waals surface area contributed by atoms with Crippen molar-refractivity contribution in [3.63, 3.8) is 0 Å². The first kappa shape index (κ1) is 8.13. The third-order valence-corrected chi connectivity index (χ3v) is 2.07. The molecule has 0 bridgehead atoms. The van der Waals surface area contributed by atoms with Gasteiger partial charge in [0.15, 0.2) is 0 Å². The van der Waals surface area contributed by atoms with E-state index in [1.165, 1.54) is 0 Å². The maximum atomic E-state index is 5.12. The highest BCUT2D eigenvalue weighted by Crippen LogP contribution is 2.15. The molecule has 0 aliphatic heterocycles. The van der Waals surface area contributed by atoms with Gasteiger partial charge in [-0.05, 0) is 0 Å². The van der Waals surface area contributed by atoms with Crippen molar-refractivity contribution in [3.8, 4) is 11.3 Å². The number of hydrogen-bond acceptors (Lipinski definition) is 2. The van der Waals surface area contributed by atoms with Gasteiger partial charge in [0.05, 0.1) is 0 Å². The summed E-state index contributed by atoms with van der Waals surface area (Å²) >= 11 is 5.12. The van der Waals surface area contributed by atoms with Gasteiger partial charge in [-0.15, -0.1) is 0 Å². The van der Waals surface area contributed by atoms with E-state index in [1.54, 1.807) is 12.4 Å². The second-order valence-corrected chi connectivity index (χ2v) is 3.04. The Morgan fingerprint density at radius 2 is 1.92 bits per heavy atom. The van der Waals surface area contributed by atoms with E-state index in [0.717, 1.165) is 11.3 Å². The molecule has 2 nitrogen and oxygen atoms in total. The van der Waals surface area contributed by atoms with Crippen LogP contribution in [0.2, 0.25) is 0 Å². The molecule has 0 atom stereocenters. The van der Waals surface area contributed by atoms with Crippen molar-refractivity contribution >= 4 is 12.2 Å². The predicted molar refractivity (Wildman–Crippen MR) is 54.9 cm³/mol. The minimum Gasteiger partial charge on any atom is -0.350 e. The molecule has 0 spiro atoms. The molecule has 1 N–H and O–H groups in total. The number of nitrogens with one attached hydrogen (secondary N) is 1. The Hall–Kier alpha value is -1.48. The van der Waals surface area contributed by atoms with E-state index in [4.69, 9.17) is 12.2 Å². The summed E-state index contributed by atoms with van der Waals surface area (Å²) in [6.45, 7) is 0. The quantitative estimate of drug-likeness (QED) is 0.697. The number of benzene rings is 1. The van der Waals surface area contributed by atoms with Gasteiger partial charge < -0.3 is 4.98 Å². The molecule has 0 unspecified atom stereocenters. The molecule has 0 aliphatic carbocycles. The number of rotatable bonds is 1. The summed E-state index contributed by atoms with van der Waals surface area (Å²) in [5.74, 6) is 0. The van der Waals surface area contributed by atoms with Gasteiger partial charge in [-0.2, -0.15) is 0 Å². The van der Waals surface area contributed by atoms with Crippen LogP contribution in [-0.4, -0.2) is 9.97 Å². The summed E-state index contributed by atoms with van der Waals surface area (Å²) < 4.78 is 0.675. The Morgan fingerprint density at radius 1 is 1.15 bits per heavy atom. The zero-order chi connectivity index (χ0) is 9.10. The number of aromatic nitrogens is 2. The molecule has 1 aromatic carbocycles. The molecule has 2 aromatic rings. The van der Waals surface area contributed by atoms with Gasteiger partial charge >= 0.3 is 0 Å². The van der Waals surface area contributed by atoms with Crippen molar-refractivity contribution in [1.29, 1.82) is 0 Å². The zero-order valence-corrected chi connectivity index (χ0v) is 7.71. The Kier molecular flexibility index (Phi) is 2.19. The molecule has 0 amide bonds. The van der Waals surface area contributed by atoms with E-state index in [9.17, 15) is 0 Å². The highest BCUT2D eigenvalue weighted by Gasteiger charge is 1.98. The largest absolute Gasteiger partial charge is 0.350 e. The lowest BCUT2D eigenvalue weighted by Gasteiger charge is -1.98. The molecule has 1 aromatic heterocycles. The first-order valence-electron chi connectivity index (χ1n) is 3.97. The number of aromatic amines is 1. The number of nitrogens with zero attached hydrogens (tertiary/aromatic N) is 1. The third-order valence-electron chi connectivity index (χ3n) is 1.75. The number of H-pyrrole nitrogens is 1. The first-order valence-corrected chi connectivity index (χ1v) is 4.38. The summed E-state index contributed by atoms with van der Waals surface area (Å²) in [6, 6.07) is 9.90. The Balaban J connectivity index is 2.60. The standard InChI is InChI=1S/C10H8N2S/c13-10-9(11-6-7-12-10)8-4-2-1-3-5-8/h1-7H,(H,12,13). The summed E-state index contributed by atoms with van der Waals surface area (Å²) in [7, 11) is 0. The second kappa shape index (κ2) is 3.49. The first-order chi connectivity index (χ1) is 6.38. The fraction of sp³-hybridized carbons (Fsp3) is 0. The van der Waals surface area contributed by atoms with Crippen molar-refractivity contribution in [2.45, 2.75) is 0 Å². The van der Waals surface area contributed by atoms with Crippen LogP contribution in [0, 0.1) is 4.64 Å². The fourth-order valence-electron chi connectivity index (χ4n) is 1.15. The van der Waals surface area contributed by atoms with Crippen molar-refractivity contribution in [3.05, 3.63) is 47.4 Å². The molecule has 0 saturated heterocycles. The van der Waals surface area contributed by atoms with Gasteiger partial charge in [0.2, 0.25) is 0 Å². The second-order valence-electron chi connectivity index (χ2n) is 2.63. The molecular formula is C10H8N2S. The van der Waals surface area contributed by atoms with Gasteiger partial charge in [0.1, 0.15) is 10.3 Å². The van der Waals surface area contributed by atoms with Crippen LogP contribution in [0.3, 0.4) is 0 Å². The molecule has 64 valence electrons. The van der Waals surface area contributed by atoms with Gasteiger partial charge in [0.25, 0.3) is 0 Å². The van der Waals surface area contributed by atoms with E-state index in [1.807, 2.05) is 30.3 Å². The molecule has 0 fully saturated rings. The van der Waals surface area contributed by atoms with Gasteiger partial charge in [-0.25, -0.2) is 0 Å². The van der Waals surface area contributed by atoms with E-state index >= 15 is 0 Å². The molecule has 0 radical (unpaired) electrons. The minimum atomic E-state index is 0.675. The maximum Gasteiger partial charge on any atom is 0.129 e. The highest BCUT2D eigenvalue weighted by molar-refractivity contribution is 7.71. The Morgan fingerprint density at radius 3 is 2.62 bits per heavy atom. The minimum absolute atomic E-state index is 0.675. The monoisotopic (exact) mass is 188 g/mol. The van der Waals surface area contributed by atoms with Crippen molar-refractivity contribution in [2.24, 2.45) is 0 Å². The van der Waals surface area contributed by atoms with Crippen LogP contribution >= 0.6 is 12.2 Å². The van der Waals surface area contributed by atoms with E-state index in [0.29, 0.717) is 4.64 Å². The lowest BCUT2D eigenvalue weighted by Crippen LogP contribution is -1.85. The summed E-state index contributed by atoms with van der Waals surface area (Å²) in [4.78, 5) is 7.16. The highest BCUT2D eigenvalue weighted by atomic mass is 32.1. The number of hydrogen-bond donors (Lipinski definition) is 1. The van der Waals surface area contributed by atoms with Gasteiger partial charge in [0, 0.05) is 18.0 Å². The Bertz CT molecular complexity index is 448. The summed E-state index contributed by atoms with van der Waals surface area (Å²) in [6.07, 6.45) is 3.44. The molecular weight excluding hydrogens is 180 g/mol. The van der Waals surface area contributed by atoms with Crippen LogP contribution in [0.1, 0.15) is 0 Å². The van der Waals surface area contributed by atoms with Crippen molar-refractivity contribution < 1.29 is 0 Å². The molecule has 1 heterocycles. The lowest BCUT2D eigenvalue weighted by atomic mass is 10.2. The molecule has 13 heavy (non-hydrogen) atoms. The van der Waals surface area contributed by atoms with E-state index in [-0.39, 0.29) is 0 Å². The van der Waals surface area contributed by atoms with Crippen molar-refractivity contribution in [2.75, 3.05) is 0 Å². The smallest absolute Gasteiger partial charge is 0.129 e. The van der Waals surface area contributed by atoms with Crippen LogP contribution in [0.4, 0.5) is 0 Å². The zero-order valence-electron chi connectivity index (χ0n) is 6.90. The van der Waals surface area contributed by atoms with Gasteiger partial charge in [-0.1, -0.05) is 42.5 Å². The molecule has 0 saturated carbocycles. The van der Waals surface area contributed by atoms with Crippen LogP contribution in [-0.2, 0) is 0 Å². The van der Waals surface area contributed by atoms with Crippen molar-refractivity contribution in [1.82, 2.24) is 9.97 Å².